The van der Waals surface area contributed by atoms with Gasteiger partial charge in [0.25, 0.3) is 0 Å². The molecule has 276 valence electrons. The Balaban J connectivity index is 1.57. The molecule has 4 aromatic rings. The molecule has 0 bridgehead atoms. The van der Waals surface area contributed by atoms with Crippen LogP contribution in [0.5, 0.6) is 17.2 Å². The van der Waals surface area contributed by atoms with Gasteiger partial charge in [-0.15, -0.1) is 0 Å². The van der Waals surface area contributed by atoms with E-state index < -0.39 is 72.0 Å². The van der Waals surface area contributed by atoms with Gasteiger partial charge in [0.2, 0.25) is 12.1 Å². The molecule has 1 aliphatic heterocycles. The number of aliphatic hydroxyl groups is 5. The normalized spacial score (nSPS) is 20.7. The van der Waals surface area contributed by atoms with Crippen LogP contribution < -0.4 is 20.9 Å². The number of ketones is 2. The molecule has 2 aliphatic rings. The Kier molecular flexibility index (Phi) is 10.3. The van der Waals surface area contributed by atoms with Crippen LogP contribution in [-0.2, 0) is 22.6 Å². The summed E-state index contributed by atoms with van der Waals surface area (Å²) in [4.78, 5) is 41.3. The van der Waals surface area contributed by atoms with E-state index >= 15 is 0 Å². The topological polar surface area (TPSA) is 252 Å². The predicted octanol–water partition coefficient (Wildman–Crippen LogP) is 1.79. The van der Waals surface area contributed by atoms with E-state index in [1.54, 1.807) is 54.6 Å². The number of nitrogens with two attached hydrogens (primary N) is 2. The fraction of sp³-hybridized carbons (Fsp3) is 0.256. The highest BCUT2D eigenvalue weighted by Gasteiger charge is 2.54. The van der Waals surface area contributed by atoms with Gasteiger partial charge >= 0.3 is 5.97 Å². The predicted molar refractivity (Wildman–Crippen MR) is 189 cm³/mol. The minimum absolute atomic E-state index is 0.0421. The van der Waals surface area contributed by atoms with Gasteiger partial charge in [-0.1, -0.05) is 60.7 Å². The van der Waals surface area contributed by atoms with Gasteiger partial charge in [-0.2, -0.15) is 0 Å². The molecule has 6 rings (SSSR count). The molecule has 4 atom stereocenters. The first-order chi connectivity index (χ1) is 25.1. The fourth-order valence-electron chi connectivity index (χ4n) is 6.54. The van der Waals surface area contributed by atoms with Gasteiger partial charge in [0.1, 0.15) is 23.4 Å². The molecule has 0 radical (unpaired) electrons. The summed E-state index contributed by atoms with van der Waals surface area (Å²) in [6.45, 7) is 1.73. The molecule has 1 heterocycles. The Morgan fingerprint density at radius 3 is 2.30 bits per heavy atom. The Morgan fingerprint density at radius 2 is 1.64 bits per heavy atom. The second-order valence-corrected chi connectivity index (χ2v) is 12.9. The van der Waals surface area contributed by atoms with E-state index in [-0.39, 0.29) is 51.3 Å². The number of phenolic OH excluding ortho intramolecular Hbond substituents is 1. The van der Waals surface area contributed by atoms with Crippen molar-refractivity contribution in [2.45, 2.75) is 63.4 Å². The maximum atomic E-state index is 14.6. The fourth-order valence-corrected chi connectivity index (χ4v) is 6.54. The first-order valence-electron chi connectivity index (χ1n) is 16.6. The summed E-state index contributed by atoms with van der Waals surface area (Å²) >= 11 is 0. The third-order valence-corrected chi connectivity index (χ3v) is 9.25. The van der Waals surface area contributed by atoms with E-state index in [1.807, 2.05) is 6.07 Å². The molecular weight excluding hydrogens is 688 g/mol. The van der Waals surface area contributed by atoms with Crippen LogP contribution >= 0.6 is 0 Å². The average Bonchev–Trinajstić information content (AvgIpc) is 3.12. The zero-order chi connectivity index (χ0) is 38.4. The number of rotatable bonds is 9. The number of aromatic hydroxyl groups is 1. The number of carbonyl (C=O) groups is 3. The number of phenols is 1. The molecule has 4 aromatic carbocycles. The van der Waals surface area contributed by atoms with Gasteiger partial charge in [0, 0.05) is 41.2 Å². The van der Waals surface area contributed by atoms with Crippen molar-refractivity contribution in [1.29, 1.82) is 0 Å². The van der Waals surface area contributed by atoms with Crippen LogP contribution in [0.4, 0.5) is 0 Å². The van der Waals surface area contributed by atoms with E-state index in [1.165, 1.54) is 19.1 Å². The lowest BCUT2D eigenvalue weighted by atomic mass is 9.77. The van der Waals surface area contributed by atoms with Crippen molar-refractivity contribution in [3.05, 3.63) is 122 Å². The summed E-state index contributed by atoms with van der Waals surface area (Å²) in [7, 11) is 0. The summed E-state index contributed by atoms with van der Waals surface area (Å²) in [6.07, 6.45) is -5.17. The van der Waals surface area contributed by atoms with Crippen molar-refractivity contribution in [2.24, 2.45) is 11.5 Å². The molecule has 0 unspecified atom stereocenters. The number of carbonyl (C=O) groups excluding carboxylic acids is 3. The minimum atomic E-state index is -3.08. The van der Waals surface area contributed by atoms with Crippen molar-refractivity contribution in [1.82, 2.24) is 0 Å². The summed E-state index contributed by atoms with van der Waals surface area (Å²) in [6, 6.07) is 18.1. The third kappa shape index (κ3) is 6.97. The van der Waals surface area contributed by atoms with Crippen LogP contribution in [0.15, 0.2) is 66.7 Å². The summed E-state index contributed by atoms with van der Waals surface area (Å²) in [5.74, 6) is -6.55. The Bertz CT molecular complexity index is 2130. The van der Waals surface area contributed by atoms with Crippen LogP contribution in [-0.4, -0.2) is 78.6 Å². The number of hydrogen-bond donors (Lipinski definition) is 8. The highest BCUT2D eigenvalue weighted by Crippen LogP contribution is 2.45. The monoisotopic (exact) mass is 726 g/mol. The summed E-state index contributed by atoms with van der Waals surface area (Å²) in [5, 5.41) is 64.4. The van der Waals surface area contributed by atoms with E-state index in [4.69, 9.17) is 25.7 Å². The highest BCUT2D eigenvalue weighted by molar-refractivity contribution is 6.31. The van der Waals surface area contributed by atoms with Crippen molar-refractivity contribution in [3.63, 3.8) is 0 Å². The number of aliphatic hydroxyl groups excluding tert-OH is 3. The highest BCUT2D eigenvalue weighted by atomic mass is 16.7. The molecule has 0 aromatic heterocycles. The summed E-state index contributed by atoms with van der Waals surface area (Å²) < 4.78 is 17.0. The third-order valence-electron chi connectivity index (χ3n) is 9.25. The van der Waals surface area contributed by atoms with Gasteiger partial charge in [-0.3, -0.25) is 14.4 Å². The molecule has 1 fully saturated rings. The van der Waals surface area contributed by atoms with Crippen LogP contribution in [0.3, 0.4) is 0 Å². The Morgan fingerprint density at radius 1 is 0.925 bits per heavy atom. The number of benzene rings is 4. The van der Waals surface area contributed by atoms with Crippen molar-refractivity contribution in [3.8, 4) is 17.2 Å². The van der Waals surface area contributed by atoms with E-state index in [0.29, 0.717) is 16.7 Å². The van der Waals surface area contributed by atoms with Crippen LogP contribution in [0.25, 0.3) is 12.2 Å². The quantitative estimate of drug-likeness (QED) is 0.0467. The van der Waals surface area contributed by atoms with Gasteiger partial charge in [0.05, 0.1) is 24.4 Å². The van der Waals surface area contributed by atoms with Gasteiger partial charge in [-0.25, -0.2) is 0 Å². The minimum Gasteiger partial charge on any atom is -0.507 e. The first-order valence-corrected chi connectivity index (χ1v) is 16.6. The number of ether oxygens (including phenoxy) is 3. The van der Waals surface area contributed by atoms with Crippen molar-refractivity contribution >= 4 is 29.7 Å². The lowest BCUT2D eigenvalue weighted by molar-refractivity contribution is -0.371. The second kappa shape index (κ2) is 14.6. The lowest BCUT2D eigenvalue weighted by Crippen LogP contribution is -2.67. The molecular formula is C39H38N2O12. The van der Waals surface area contributed by atoms with Crippen LogP contribution in [0.2, 0.25) is 0 Å². The molecule has 1 aliphatic carbocycles. The van der Waals surface area contributed by atoms with Crippen molar-refractivity contribution < 1.29 is 59.2 Å². The van der Waals surface area contributed by atoms with Crippen molar-refractivity contribution in [2.75, 3.05) is 0 Å². The average molecular weight is 727 g/mol. The largest absolute Gasteiger partial charge is 0.507 e. The number of fused-ring (bicyclic) bond motifs is 2. The molecule has 0 spiro atoms. The second-order valence-electron chi connectivity index (χ2n) is 12.9. The Hall–Kier alpha value is -5.29. The van der Waals surface area contributed by atoms with E-state index in [9.17, 15) is 45.0 Å². The lowest BCUT2D eigenvalue weighted by Gasteiger charge is -2.44. The van der Waals surface area contributed by atoms with E-state index in [0.717, 1.165) is 13.0 Å². The molecule has 53 heavy (non-hydrogen) atoms. The van der Waals surface area contributed by atoms with Crippen LogP contribution in [0.1, 0.15) is 85.2 Å². The summed E-state index contributed by atoms with van der Waals surface area (Å²) in [5.41, 5.74) is 12.2. The number of esters is 1. The SMILES string of the molecule is CC(=O)Oc1cc(CO)c2c(c1C=Cc1ccccc1)C(=O)c1cc(O[C@H]3O[C@H](C)[C@@H](O)C(O)(O)[C@H]3O)c(Cc3cccc(C(N)N)c3)c(O)c1C2=O. The van der Waals surface area contributed by atoms with Gasteiger partial charge in [0.15, 0.2) is 17.7 Å². The van der Waals surface area contributed by atoms with E-state index in [2.05, 4.69) is 0 Å². The molecule has 1 saturated heterocycles. The zero-order valence-corrected chi connectivity index (χ0v) is 28.6. The first kappa shape index (κ1) is 37.5. The molecule has 14 nitrogen and oxygen atoms in total. The molecule has 14 heteroatoms. The smallest absolute Gasteiger partial charge is 0.308 e. The molecule has 10 N–H and O–H groups in total. The number of hydrogen-bond acceptors (Lipinski definition) is 14. The zero-order valence-electron chi connectivity index (χ0n) is 28.6. The van der Waals surface area contributed by atoms with Gasteiger partial charge < -0.3 is 56.3 Å². The maximum Gasteiger partial charge on any atom is 0.308 e. The van der Waals surface area contributed by atoms with Gasteiger partial charge in [-0.05, 0) is 47.4 Å². The Labute approximate surface area is 303 Å². The molecule has 0 amide bonds. The maximum absolute atomic E-state index is 14.6. The van der Waals surface area contributed by atoms with Crippen LogP contribution in [0, 0.1) is 0 Å². The standard InChI is InChI=1S/C39H38N2O12/c1-18-35(47)39(49,50)36(48)38(51-18)53-28-16-26-31(32(44)25(28)14-21-9-6-10-22(13-21)37(40)41)34(46)29-23(17-42)15-27(52-19(2)43)24(30(29)33(26)45)12-11-20-7-4-3-5-8-20/h3-13,15-16,18,35-38,42,44,47-50H,14,17,40-41H2,1-2H3/t18-,35-,36+,38-/m1/s1. The molecule has 0 saturated carbocycles.